The van der Waals surface area contributed by atoms with E-state index < -0.39 is 0 Å². The van der Waals surface area contributed by atoms with Gasteiger partial charge in [-0.15, -0.1) is 0 Å². The number of urea groups is 1. The van der Waals surface area contributed by atoms with Crippen LogP contribution >= 0.6 is 0 Å². The van der Waals surface area contributed by atoms with Crippen LogP contribution < -0.4 is 15.4 Å². The highest BCUT2D eigenvalue weighted by molar-refractivity contribution is 5.74. The van der Waals surface area contributed by atoms with Crippen molar-refractivity contribution in [1.29, 1.82) is 0 Å². The summed E-state index contributed by atoms with van der Waals surface area (Å²) < 4.78 is 5.03. The minimum absolute atomic E-state index is 0.0994. The van der Waals surface area contributed by atoms with Gasteiger partial charge in [-0.25, -0.2) is 9.78 Å². The SMILES string of the molecule is COc1cc(CNC(=O)NC2CCCC2)ccn1. The molecular formula is C13H19N3O2. The highest BCUT2D eigenvalue weighted by Gasteiger charge is 2.16. The zero-order valence-electron chi connectivity index (χ0n) is 10.6. The second-order valence-corrected chi connectivity index (χ2v) is 4.51. The molecule has 0 aromatic carbocycles. The number of carbonyl (C=O) groups is 1. The van der Waals surface area contributed by atoms with E-state index in [1.165, 1.54) is 12.8 Å². The van der Waals surface area contributed by atoms with Gasteiger partial charge in [0.1, 0.15) is 0 Å². The van der Waals surface area contributed by atoms with Crippen molar-refractivity contribution in [2.24, 2.45) is 0 Å². The molecule has 0 aliphatic heterocycles. The van der Waals surface area contributed by atoms with Crippen molar-refractivity contribution in [3.8, 4) is 5.88 Å². The fourth-order valence-corrected chi connectivity index (χ4v) is 2.16. The van der Waals surface area contributed by atoms with Gasteiger partial charge in [0, 0.05) is 24.8 Å². The molecule has 1 aliphatic rings. The molecule has 0 unspecified atom stereocenters. The number of carbonyl (C=O) groups excluding carboxylic acids is 1. The van der Waals surface area contributed by atoms with Gasteiger partial charge >= 0.3 is 6.03 Å². The van der Waals surface area contributed by atoms with Crippen LogP contribution in [0.3, 0.4) is 0 Å². The van der Waals surface area contributed by atoms with E-state index in [4.69, 9.17) is 4.74 Å². The maximum Gasteiger partial charge on any atom is 0.315 e. The van der Waals surface area contributed by atoms with Gasteiger partial charge in [0.15, 0.2) is 0 Å². The first-order valence-electron chi connectivity index (χ1n) is 6.31. The van der Waals surface area contributed by atoms with Crippen molar-refractivity contribution < 1.29 is 9.53 Å². The Morgan fingerprint density at radius 2 is 2.28 bits per heavy atom. The molecule has 1 saturated carbocycles. The van der Waals surface area contributed by atoms with Gasteiger partial charge in [-0.05, 0) is 24.5 Å². The fraction of sp³-hybridized carbons (Fsp3) is 0.538. The summed E-state index contributed by atoms with van der Waals surface area (Å²) in [6.45, 7) is 0.484. The Kier molecular flexibility index (Phi) is 4.39. The van der Waals surface area contributed by atoms with E-state index >= 15 is 0 Å². The van der Waals surface area contributed by atoms with Crippen LogP contribution in [-0.2, 0) is 6.54 Å². The smallest absolute Gasteiger partial charge is 0.315 e. The van der Waals surface area contributed by atoms with Gasteiger partial charge in [0.05, 0.1) is 7.11 Å². The summed E-state index contributed by atoms with van der Waals surface area (Å²) in [6, 6.07) is 3.92. The molecule has 98 valence electrons. The van der Waals surface area contributed by atoms with E-state index in [9.17, 15) is 4.79 Å². The minimum atomic E-state index is -0.0994. The number of aromatic nitrogens is 1. The lowest BCUT2D eigenvalue weighted by molar-refractivity contribution is 0.236. The monoisotopic (exact) mass is 249 g/mol. The van der Waals surface area contributed by atoms with Gasteiger partial charge in [0.2, 0.25) is 5.88 Å². The van der Waals surface area contributed by atoms with Gasteiger partial charge in [-0.3, -0.25) is 0 Å². The Balaban J connectivity index is 1.77. The molecular weight excluding hydrogens is 230 g/mol. The Morgan fingerprint density at radius 3 is 3.00 bits per heavy atom. The first-order chi connectivity index (χ1) is 8.78. The molecule has 1 heterocycles. The number of ether oxygens (including phenoxy) is 1. The Hall–Kier alpha value is -1.78. The van der Waals surface area contributed by atoms with Crippen molar-refractivity contribution in [1.82, 2.24) is 15.6 Å². The molecule has 2 amide bonds. The summed E-state index contributed by atoms with van der Waals surface area (Å²) in [4.78, 5) is 15.7. The highest BCUT2D eigenvalue weighted by Crippen LogP contribution is 2.17. The molecule has 0 radical (unpaired) electrons. The lowest BCUT2D eigenvalue weighted by Crippen LogP contribution is -2.40. The summed E-state index contributed by atoms with van der Waals surface area (Å²) in [5.41, 5.74) is 0.975. The summed E-state index contributed by atoms with van der Waals surface area (Å²) in [7, 11) is 1.58. The number of methoxy groups -OCH3 is 1. The third-order valence-electron chi connectivity index (χ3n) is 3.15. The second kappa shape index (κ2) is 6.23. The van der Waals surface area contributed by atoms with Gasteiger partial charge < -0.3 is 15.4 Å². The van der Waals surface area contributed by atoms with Crippen molar-refractivity contribution in [2.45, 2.75) is 38.3 Å². The van der Waals surface area contributed by atoms with E-state index in [2.05, 4.69) is 15.6 Å². The van der Waals surface area contributed by atoms with Crippen LogP contribution in [0.1, 0.15) is 31.2 Å². The molecule has 1 aliphatic carbocycles. The molecule has 2 N–H and O–H groups in total. The molecule has 2 rings (SSSR count). The van der Waals surface area contributed by atoms with Crippen molar-refractivity contribution >= 4 is 6.03 Å². The first kappa shape index (κ1) is 12.7. The van der Waals surface area contributed by atoms with Crippen molar-refractivity contribution in [2.75, 3.05) is 7.11 Å². The Morgan fingerprint density at radius 1 is 1.50 bits per heavy atom. The average molecular weight is 249 g/mol. The van der Waals surface area contributed by atoms with Crippen LogP contribution in [0, 0.1) is 0 Å². The van der Waals surface area contributed by atoms with E-state index in [1.807, 2.05) is 12.1 Å². The average Bonchev–Trinajstić information content (AvgIpc) is 2.89. The normalized spacial score (nSPS) is 15.4. The molecule has 0 bridgehead atoms. The van der Waals surface area contributed by atoms with E-state index in [1.54, 1.807) is 13.3 Å². The molecule has 5 nitrogen and oxygen atoms in total. The predicted octanol–water partition coefficient (Wildman–Crippen LogP) is 1.83. The van der Waals surface area contributed by atoms with E-state index in [0.717, 1.165) is 18.4 Å². The van der Waals surface area contributed by atoms with Crippen molar-refractivity contribution in [3.63, 3.8) is 0 Å². The first-order valence-corrected chi connectivity index (χ1v) is 6.31. The molecule has 0 atom stereocenters. The van der Waals surface area contributed by atoms with Crippen molar-refractivity contribution in [3.05, 3.63) is 23.9 Å². The number of nitrogens with one attached hydrogen (secondary N) is 2. The lowest BCUT2D eigenvalue weighted by Gasteiger charge is -2.13. The molecule has 1 aromatic rings. The highest BCUT2D eigenvalue weighted by atomic mass is 16.5. The minimum Gasteiger partial charge on any atom is -0.481 e. The Labute approximate surface area is 107 Å². The summed E-state index contributed by atoms with van der Waals surface area (Å²) in [5.74, 6) is 0.561. The number of hydrogen-bond acceptors (Lipinski definition) is 3. The topological polar surface area (TPSA) is 63.2 Å². The fourth-order valence-electron chi connectivity index (χ4n) is 2.16. The van der Waals surface area contributed by atoms with Gasteiger partial charge in [-0.2, -0.15) is 0 Å². The third-order valence-corrected chi connectivity index (χ3v) is 3.15. The van der Waals surface area contributed by atoms with E-state index in [0.29, 0.717) is 18.5 Å². The summed E-state index contributed by atoms with van der Waals surface area (Å²) in [5, 5.41) is 5.82. The lowest BCUT2D eigenvalue weighted by atomic mass is 10.2. The van der Waals surface area contributed by atoms with Gasteiger partial charge in [0.25, 0.3) is 0 Å². The number of rotatable bonds is 4. The molecule has 0 saturated heterocycles. The standard InChI is InChI=1S/C13H19N3O2/c1-18-12-8-10(6-7-14-12)9-15-13(17)16-11-4-2-3-5-11/h6-8,11H,2-5,9H2,1H3,(H2,15,16,17). The number of hydrogen-bond donors (Lipinski definition) is 2. The maximum absolute atomic E-state index is 11.7. The molecule has 18 heavy (non-hydrogen) atoms. The quantitative estimate of drug-likeness (QED) is 0.855. The second-order valence-electron chi connectivity index (χ2n) is 4.51. The number of nitrogens with zero attached hydrogens (tertiary/aromatic N) is 1. The van der Waals surface area contributed by atoms with Crippen LogP contribution in [-0.4, -0.2) is 24.2 Å². The van der Waals surface area contributed by atoms with Crippen LogP contribution in [0.15, 0.2) is 18.3 Å². The maximum atomic E-state index is 11.7. The predicted molar refractivity (Wildman–Crippen MR) is 68.4 cm³/mol. The zero-order chi connectivity index (χ0) is 12.8. The van der Waals surface area contributed by atoms with Crippen LogP contribution in [0.2, 0.25) is 0 Å². The van der Waals surface area contributed by atoms with Crippen LogP contribution in [0.25, 0.3) is 0 Å². The summed E-state index contributed by atoms with van der Waals surface area (Å²) >= 11 is 0. The largest absolute Gasteiger partial charge is 0.481 e. The number of pyridine rings is 1. The zero-order valence-corrected chi connectivity index (χ0v) is 10.6. The summed E-state index contributed by atoms with van der Waals surface area (Å²) in [6.07, 6.45) is 6.29. The van der Waals surface area contributed by atoms with E-state index in [-0.39, 0.29) is 6.03 Å². The van der Waals surface area contributed by atoms with Crippen LogP contribution in [0.5, 0.6) is 5.88 Å². The van der Waals surface area contributed by atoms with Crippen LogP contribution in [0.4, 0.5) is 4.79 Å². The number of amides is 2. The Bertz CT molecular complexity index is 403. The molecule has 0 spiro atoms. The van der Waals surface area contributed by atoms with Gasteiger partial charge in [-0.1, -0.05) is 12.8 Å². The molecule has 1 aromatic heterocycles. The molecule has 5 heteroatoms. The molecule has 1 fully saturated rings. The third kappa shape index (κ3) is 3.61.